The highest BCUT2D eigenvalue weighted by Crippen LogP contribution is 2.21. The van der Waals surface area contributed by atoms with E-state index >= 15 is 0 Å². The Morgan fingerprint density at radius 1 is 1.19 bits per heavy atom. The van der Waals surface area contributed by atoms with Crippen molar-refractivity contribution in [3.63, 3.8) is 0 Å². The van der Waals surface area contributed by atoms with E-state index in [0.29, 0.717) is 43.9 Å². The van der Waals surface area contributed by atoms with Gasteiger partial charge in [-0.3, -0.25) is 19.7 Å². The lowest BCUT2D eigenvalue weighted by atomic mass is 9.95. The third-order valence-corrected chi connectivity index (χ3v) is 5.52. The second-order valence-corrected chi connectivity index (χ2v) is 7.54. The van der Waals surface area contributed by atoms with Gasteiger partial charge in [0.1, 0.15) is 11.4 Å². The van der Waals surface area contributed by atoms with Crippen LogP contribution in [0.2, 0.25) is 0 Å². The van der Waals surface area contributed by atoms with Crippen LogP contribution in [-0.2, 0) is 11.3 Å². The Balaban J connectivity index is 1.28. The zero-order valence-electron chi connectivity index (χ0n) is 17.4. The predicted octanol–water partition coefficient (Wildman–Crippen LogP) is 2.65. The number of hydrogen-bond acceptors (Lipinski definition) is 5. The van der Waals surface area contributed by atoms with E-state index in [1.165, 1.54) is 0 Å². The van der Waals surface area contributed by atoms with Crippen molar-refractivity contribution < 1.29 is 14.3 Å². The number of carbonyl (C=O) groups excluding carboxylic acids is 2. The third kappa shape index (κ3) is 4.91. The number of ether oxygens (including phenoxy) is 1. The van der Waals surface area contributed by atoms with Gasteiger partial charge in [-0.15, -0.1) is 0 Å². The number of carbonyl (C=O) groups is 2. The van der Waals surface area contributed by atoms with Gasteiger partial charge in [-0.25, -0.2) is 0 Å². The topological polar surface area (TPSA) is 100 Å². The molecule has 2 amide bonds. The van der Waals surface area contributed by atoms with Crippen molar-refractivity contribution in [1.29, 1.82) is 0 Å². The van der Waals surface area contributed by atoms with Gasteiger partial charge in [0.2, 0.25) is 5.91 Å². The number of H-pyrrole nitrogens is 1. The largest absolute Gasteiger partial charge is 0.497 e. The zero-order chi connectivity index (χ0) is 21.6. The van der Waals surface area contributed by atoms with E-state index in [1.807, 2.05) is 36.4 Å². The monoisotopic (exact) mass is 419 g/mol. The number of methoxy groups -OCH3 is 1. The van der Waals surface area contributed by atoms with Crippen molar-refractivity contribution in [2.45, 2.75) is 19.4 Å². The van der Waals surface area contributed by atoms with E-state index in [-0.39, 0.29) is 17.7 Å². The average Bonchev–Trinajstić information content (AvgIpc) is 3.33. The predicted molar refractivity (Wildman–Crippen MR) is 115 cm³/mol. The second-order valence-electron chi connectivity index (χ2n) is 7.54. The standard InChI is InChI=1S/C23H25N5O3/c1-31-19-6-2-4-16(12-19)14-25-22(29)17-7-10-28(11-8-17)23(30)21-13-20(26-27-21)18-5-3-9-24-15-18/h2-6,9,12-13,15,17H,7-8,10-11,14H2,1H3,(H,25,29)(H,26,27). The number of nitrogens with one attached hydrogen (secondary N) is 2. The fraction of sp³-hybridized carbons (Fsp3) is 0.304. The van der Waals surface area contributed by atoms with Crippen molar-refractivity contribution in [3.05, 3.63) is 66.1 Å². The molecule has 2 N–H and O–H groups in total. The minimum absolute atomic E-state index is 0.0234. The number of aromatic amines is 1. The molecule has 0 atom stereocenters. The van der Waals surface area contributed by atoms with Gasteiger partial charge in [0.25, 0.3) is 5.91 Å². The van der Waals surface area contributed by atoms with Gasteiger partial charge >= 0.3 is 0 Å². The van der Waals surface area contributed by atoms with Crippen LogP contribution < -0.4 is 10.1 Å². The quantitative estimate of drug-likeness (QED) is 0.640. The summed E-state index contributed by atoms with van der Waals surface area (Å²) in [6.45, 7) is 1.54. The number of amides is 2. The van der Waals surface area contributed by atoms with Gasteiger partial charge in [0.05, 0.1) is 12.8 Å². The molecule has 31 heavy (non-hydrogen) atoms. The Morgan fingerprint density at radius 2 is 2.03 bits per heavy atom. The van der Waals surface area contributed by atoms with Gasteiger partial charge in [0, 0.05) is 43.5 Å². The number of nitrogens with zero attached hydrogens (tertiary/aromatic N) is 3. The van der Waals surface area contributed by atoms with E-state index in [1.54, 1.807) is 30.5 Å². The summed E-state index contributed by atoms with van der Waals surface area (Å²) in [5, 5.41) is 10.0. The second kappa shape index (κ2) is 9.42. The highest BCUT2D eigenvalue weighted by molar-refractivity contribution is 5.93. The molecule has 3 heterocycles. The molecule has 2 aromatic heterocycles. The summed E-state index contributed by atoms with van der Waals surface area (Å²) >= 11 is 0. The first kappa shape index (κ1) is 20.6. The molecule has 1 aliphatic rings. The normalized spacial score (nSPS) is 14.3. The molecule has 1 saturated heterocycles. The maximum absolute atomic E-state index is 12.8. The van der Waals surface area contributed by atoms with Crippen LogP contribution in [0, 0.1) is 5.92 Å². The number of pyridine rings is 1. The summed E-state index contributed by atoms with van der Waals surface area (Å²) in [4.78, 5) is 31.2. The van der Waals surface area contributed by atoms with Crippen molar-refractivity contribution >= 4 is 11.8 Å². The average molecular weight is 419 g/mol. The van der Waals surface area contributed by atoms with Crippen LogP contribution in [-0.4, -0.2) is 52.1 Å². The summed E-state index contributed by atoms with van der Waals surface area (Å²) in [5.41, 5.74) is 2.97. The molecule has 0 radical (unpaired) electrons. The Labute approximate surface area is 180 Å². The molecular weight excluding hydrogens is 394 g/mol. The Bertz CT molecular complexity index is 1040. The molecule has 1 aromatic carbocycles. The van der Waals surface area contributed by atoms with Crippen LogP contribution in [0.5, 0.6) is 5.75 Å². The highest BCUT2D eigenvalue weighted by Gasteiger charge is 2.28. The van der Waals surface area contributed by atoms with Crippen molar-refractivity contribution in [3.8, 4) is 17.0 Å². The highest BCUT2D eigenvalue weighted by atomic mass is 16.5. The maximum Gasteiger partial charge on any atom is 0.271 e. The van der Waals surface area contributed by atoms with E-state index in [4.69, 9.17) is 4.74 Å². The van der Waals surface area contributed by atoms with Crippen molar-refractivity contribution in [2.24, 2.45) is 5.92 Å². The van der Waals surface area contributed by atoms with Crippen LogP contribution in [0.3, 0.4) is 0 Å². The molecule has 0 saturated carbocycles. The Kier molecular flexibility index (Phi) is 6.26. The molecule has 0 bridgehead atoms. The Morgan fingerprint density at radius 3 is 2.77 bits per heavy atom. The van der Waals surface area contributed by atoms with Crippen LogP contribution >= 0.6 is 0 Å². The molecule has 1 aliphatic heterocycles. The van der Waals surface area contributed by atoms with Crippen molar-refractivity contribution in [1.82, 2.24) is 25.4 Å². The SMILES string of the molecule is COc1cccc(CNC(=O)C2CCN(C(=O)c3cc(-c4cccnc4)n[nH]3)CC2)c1. The lowest BCUT2D eigenvalue weighted by Gasteiger charge is -2.31. The zero-order valence-corrected chi connectivity index (χ0v) is 17.4. The fourth-order valence-electron chi connectivity index (χ4n) is 3.72. The van der Waals surface area contributed by atoms with Crippen LogP contribution in [0.1, 0.15) is 28.9 Å². The van der Waals surface area contributed by atoms with E-state index < -0.39 is 0 Å². The van der Waals surface area contributed by atoms with Gasteiger partial charge in [0.15, 0.2) is 0 Å². The van der Waals surface area contributed by atoms with Crippen LogP contribution in [0.25, 0.3) is 11.3 Å². The molecule has 0 aliphatic carbocycles. The summed E-state index contributed by atoms with van der Waals surface area (Å²) in [6, 6.07) is 13.1. The lowest BCUT2D eigenvalue weighted by molar-refractivity contribution is -0.126. The number of aromatic nitrogens is 3. The first-order chi connectivity index (χ1) is 15.1. The molecule has 160 valence electrons. The lowest BCUT2D eigenvalue weighted by Crippen LogP contribution is -2.43. The van der Waals surface area contributed by atoms with Gasteiger partial charge in [-0.1, -0.05) is 12.1 Å². The molecule has 0 unspecified atom stereocenters. The van der Waals surface area contributed by atoms with Crippen molar-refractivity contribution in [2.75, 3.05) is 20.2 Å². The molecule has 0 spiro atoms. The molecule has 4 rings (SSSR count). The summed E-state index contributed by atoms with van der Waals surface area (Å²) in [7, 11) is 1.62. The summed E-state index contributed by atoms with van der Waals surface area (Å²) in [5.74, 6) is 0.597. The van der Waals surface area contributed by atoms with Gasteiger partial charge in [-0.05, 0) is 48.7 Å². The van der Waals surface area contributed by atoms with Crippen LogP contribution in [0.4, 0.5) is 0 Å². The summed E-state index contributed by atoms with van der Waals surface area (Å²) in [6.07, 6.45) is 4.68. The number of benzene rings is 1. The minimum atomic E-state index is -0.0992. The fourth-order valence-corrected chi connectivity index (χ4v) is 3.72. The summed E-state index contributed by atoms with van der Waals surface area (Å²) < 4.78 is 5.22. The molecule has 8 nitrogen and oxygen atoms in total. The van der Waals surface area contributed by atoms with E-state index in [2.05, 4.69) is 20.5 Å². The third-order valence-electron chi connectivity index (χ3n) is 5.52. The number of rotatable bonds is 6. The molecular formula is C23H25N5O3. The van der Waals surface area contributed by atoms with Gasteiger partial charge < -0.3 is 15.0 Å². The number of likely N-dealkylation sites (tertiary alicyclic amines) is 1. The minimum Gasteiger partial charge on any atom is -0.497 e. The smallest absolute Gasteiger partial charge is 0.271 e. The molecule has 8 heteroatoms. The molecule has 1 fully saturated rings. The van der Waals surface area contributed by atoms with Gasteiger partial charge in [-0.2, -0.15) is 5.10 Å². The first-order valence-corrected chi connectivity index (χ1v) is 10.3. The molecule has 3 aromatic rings. The number of hydrogen-bond donors (Lipinski definition) is 2. The first-order valence-electron chi connectivity index (χ1n) is 10.3. The van der Waals surface area contributed by atoms with E-state index in [9.17, 15) is 9.59 Å². The van der Waals surface area contributed by atoms with E-state index in [0.717, 1.165) is 16.9 Å². The number of piperidine rings is 1. The Hall–Kier alpha value is -3.68. The maximum atomic E-state index is 12.8. The van der Waals surface area contributed by atoms with Crippen LogP contribution in [0.15, 0.2) is 54.9 Å².